The van der Waals surface area contributed by atoms with E-state index in [0.29, 0.717) is 5.56 Å². The molecule has 0 aliphatic rings. The van der Waals surface area contributed by atoms with E-state index in [1.54, 1.807) is 6.92 Å². The number of amides is 1. The summed E-state index contributed by atoms with van der Waals surface area (Å²) in [5, 5.41) is 1.07. The second-order valence-electron chi connectivity index (χ2n) is 5.89. The molecule has 1 aromatic carbocycles. The van der Waals surface area contributed by atoms with E-state index in [2.05, 4.69) is 0 Å². The number of nitrogens with one attached hydrogen (secondary N) is 1. The van der Waals surface area contributed by atoms with Gasteiger partial charge in [-0.15, -0.1) is 0 Å². The molecule has 166 valence electrons. The molecule has 29 heavy (non-hydrogen) atoms. The first-order valence-corrected chi connectivity index (χ1v) is 7.35. The third-order valence-electron chi connectivity index (χ3n) is 3.73. The van der Waals surface area contributed by atoms with Crippen molar-refractivity contribution in [1.29, 1.82) is 0 Å². The Kier molecular flexibility index (Phi) is 6.52. The molecule has 1 aromatic rings. The molecule has 14 heteroatoms. The highest BCUT2D eigenvalue weighted by Crippen LogP contribution is 2.58. The zero-order valence-electron chi connectivity index (χ0n) is 14.0. The average molecular weight is 449 g/mol. The summed E-state index contributed by atoms with van der Waals surface area (Å²) < 4.78 is 156. The largest absolute Gasteiger partial charge is 0.392 e. The van der Waals surface area contributed by atoms with E-state index >= 15 is 0 Å². The Labute approximate surface area is 154 Å². The van der Waals surface area contributed by atoms with Crippen LogP contribution >= 0.6 is 0 Å². The Balaban J connectivity index is 3.18. The monoisotopic (exact) mass is 449 g/mol. The Morgan fingerprint density at radius 2 is 1.28 bits per heavy atom. The van der Waals surface area contributed by atoms with Crippen LogP contribution in [0.25, 0.3) is 0 Å². The highest BCUT2D eigenvalue weighted by Gasteiger charge is 2.89. The van der Waals surface area contributed by atoms with E-state index in [4.69, 9.17) is 0 Å². The van der Waals surface area contributed by atoms with Gasteiger partial charge in [-0.3, -0.25) is 4.79 Å². The summed E-state index contributed by atoms with van der Waals surface area (Å²) in [6.45, 7) is 0.647. The van der Waals surface area contributed by atoms with Gasteiger partial charge in [0.1, 0.15) is 0 Å². The maximum Gasteiger partial charge on any atom is 0.392 e. The lowest BCUT2D eigenvalue weighted by atomic mass is 9.94. The van der Waals surface area contributed by atoms with Gasteiger partial charge in [-0.25, -0.2) is 8.78 Å². The molecule has 0 spiro atoms. The smallest absolute Gasteiger partial charge is 0.347 e. The van der Waals surface area contributed by atoms with Crippen LogP contribution in [-0.4, -0.2) is 41.9 Å². The maximum atomic E-state index is 13.6. The topological polar surface area (TPSA) is 29.1 Å². The van der Waals surface area contributed by atoms with E-state index < -0.39 is 48.5 Å². The van der Waals surface area contributed by atoms with Crippen molar-refractivity contribution >= 4 is 5.91 Å². The van der Waals surface area contributed by atoms with E-state index in [9.17, 15) is 57.5 Å². The molecule has 0 aromatic heterocycles. The van der Waals surface area contributed by atoms with Crippen molar-refractivity contribution in [2.75, 3.05) is 0 Å². The van der Waals surface area contributed by atoms with Gasteiger partial charge >= 0.3 is 36.0 Å². The third-order valence-corrected chi connectivity index (χ3v) is 3.73. The van der Waals surface area contributed by atoms with Crippen LogP contribution < -0.4 is 5.32 Å². The van der Waals surface area contributed by atoms with Gasteiger partial charge in [-0.2, -0.15) is 43.9 Å². The summed E-state index contributed by atoms with van der Waals surface area (Å²) in [6, 6.07) is 5.18. The van der Waals surface area contributed by atoms with Gasteiger partial charge in [0.05, 0.1) is 0 Å². The number of carbonyl (C=O) groups excluding carboxylic acids is 1. The first-order chi connectivity index (χ1) is 12.8. The molecular weight excluding hydrogens is 438 g/mol. The molecule has 0 aliphatic heterocycles. The SMILES string of the molecule is Cc1ccc(CNC(=O)C(F)(F)C(F)(F)C(F)(F)C(F)(F)C(F)(F)C(F)F)cc1. The van der Waals surface area contributed by atoms with Crippen molar-refractivity contribution < 1.29 is 57.5 Å². The Hall–Kier alpha value is -2.15. The molecule has 2 nitrogen and oxygen atoms in total. The highest BCUT2D eigenvalue weighted by atomic mass is 19.4. The van der Waals surface area contributed by atoms with Crippen LogP contribution in [0.3, 0.4) is 0 Å². The molecule has 0 fully saturated rings. The number of alkyl halides is 12. The normalized spacial score (nSPS) is 14.3. The number of hydrogen-bond acceptors (Lipinski definition) is 1. The van der Waals surface area contributed by atoms with Crippen molar-refractivity contribution in [3.05, 3.63) is 35.4 Å². The molecule has 0 unspecified atom stereocenters. The highest BCUT2D eigenvalue weighted by molar-refractivity contribution is 5.84. The first-order valence-electron chi connectivity index (χ1n) is 7.35. The van der Waals surface area contributed by atoms with Crippen LogP contribution in [0.2, 0.25) is 0 Å². The Morgan fingerprint density at radius 3 is 1.69 bits per heavy atom. The lowest BCUT2D eigenvalue weighted by molar-refractivity contribution is -0.407. The van der Waals surface area contributed by atoms with Crippen molar-refractivity contribution in [1.82, 2.24) is 5.32 Å². The molecule has 0 radical (unpaired) electrons. The molecule has 1 amide bonds. The number of rotatable bonds is 8. The van der Waals surface area contributed by atoms with E-state index in [1.807, 2.05) is 0 Å². The van der Waals surface area contributed by atoms with Crippen LogP contribution in [-0.2, 0) is 11.3 Å². The molecule has 1 rings (SSSR count). The molecule has 1 N–H and O–H groups in total. The number of hydrogen-bond donors (Lipinski definition) is 1. The summed E-state index contributed by atoms with van der Waals surface area (Å²) in [4.78, 5) is 11.3. The fourth-order valence-electron chi connectivity index (χ4n) is 1.88. The van der Waals surface area contributed by atoms with Gasteiger partial charge < -0.3 is 5.32 Å². The van der Waals surface area contributed by atoms with Crippen LogP contribution in [0.1, 0.15) is 11.1 Å². The zero-order valence-corrected chi connectivity index (χ0v) is 14.0. The number of benzene rings is 1. The van der Waals surface area contributed by atoms with E-state index in [-0.39, 0.29) is 5.56 Å². The fourth-order valence-corrected chi connectivity index (χ4v) is 1.88. The van der Waals surface area contributed by atoms with E-state index in [0.717, 1.165) is 5.32 Å². The van der Waals surface area contributed by atoms with Crippen LogP contribution in [0.5, 0.6) is 0 Å². The lowest BCUT2D eigenvalue weighted by Crippen LogP contribution is -2.70. The van der Waals surface area contributed by atoms with Crippen molar-refractivity contribution in [2.45, 2.75) is 49.5 Å². The third kappa shape index (κ3) is 3.97. The van der Waals surface area contributed by atoms with Crippen LogP contribution in [0.15, 0.2) is 24.3 Å². The number of carbonyl (C=O) groups is 1. The quantitative estimate of drug-likeness (QED) is 0.553. The molecule has 0 atom stereocenters. The van der Waals surface area contributed by atoms with Crippen molar-refractivity contribution in [3.8, 4) is 0 Å². The molecule has 0 saturated carbocycles. The van der Waals surface area contributed by atoms with Gasteiger partial charge in [0.2, 0.25) is 0 Å². The minimum Gasteiger partial charge on any atom is -0.347 e. The zero-order chi connectivity index (χ0) is 23.1. The minimum atomic E-state index is -7.73. The van der Waals surface area contributed by atoms with Gasteiger partial charge in [-0.1, -0.05) is 29.8 Å². The van der Waals surface area contributed by atoms with Gasteiger partial charge in [-0.05, 0) is 12.5 Å². The summed E-state index contributed by atoms with van der Waals surface area (Å²) in [5.41, 5.74) is 0.656. The summed E-state index contributed by atoms with van der Waals surface area (Å²) in [7, 11) is 0. The predicted octanol–water partition coefficient (Wildman–Crippen LogP) is 5.05. The minimum absolute atomic E-state index is 0.00406. The second-order valence-corrected chi connectivity index (χ2v) is 5.89. The standard InChI is InChI=1S/C15H11F12NO/c1-7-2-4-8(5-3-7)6-28-10(29)12(20,21)14(24,25)15(26,27)13(22,23)11(18,19)9(16)17/h2-5,9H,6H2,1H3,(H,28,29). The average Bonchev–Trinajstić information content (AvgIpc) is 2.59. The number of aryl methyl sites for hydroxylation is 1. The fraction of sp³-hybridized carbons (Fsp3) is 0.533. The summed E-state index contributed by atoms with van der Waals surface area (Å²) >= 11 is 0. The first kappa shape index (κ1) is 24.9. The predicted molar refractivity (Wildman–Crippen MR) is 73.8 cm³/mol. The van der Waals surface area contributed by atoms with Crippen LogP contribution in [0, 0.1) is 6.92 Å². The summed E-state index contributed by atoms with van der Waals surface area (Å²) in [6.07, 6.45) is -5.59. The number of halogens is 12. The van der Waals surface area contributed by atoms with Crippen molar-refractivity contribution in [2.24, 2.45) is 0 Å². The molecule has 0 saturated heterocycles. The van der Waals surface area contributed by atoms with Crippen molar-refractivity contribution in [3.63, 3.8) is 0 Å². The van der Waals surface area contributed by atoms with Gasteiger partial charge in [0.25, 0.3) is 5.91 Å². The molecular formula is C15H11F12NO. The molecule has 0 aliphatic carbocycles. The lowest BCUT2D eigenvalue weighted by Gasteiger charge is -2.38. The second kappa shape index (κ2) is 7.59. The van der Waals surface area contributed by atoms with Crippen LogP contribution in [0.4, 0.5) is 52.7 Å². The van der Waals surface area contributed by atoms with Gasteiger partial charge in [0.15, 0.2) is 0 Å². The maximum absolute atomic E-state index is 13.6. The van der Waals surface area contributed by atoms with E-state index in [1.165, 1.54) is 24.3 Å². The Morgan fingerprint density at radius 1 is 0.828 bits per heavy atom. The summed E-state index contributed by atoms with van der Waals surface area (Å²) in [5.74, 6) is -39.8. The van der Waals surface area contributed by atoms with Gasteiger partial charge in [0, 0.05) is 6.54 Å². The molecule has 0 bridgehead atoms. The molecule has 0 heterocycles. The Bertz CT molecular complexity index is 729.